The Balaban J connectivity index is 1.70. The second-order valence-corrected chi connectivity index (χ2v) is 6.73. The highest BCUT2D eigenvalue weighted by molar-refractivity contribution is 6.39. The predicted octanol–water partition coefficient (Wildman–Crippen LogP) is 0.508. The number of hydrogen-bond acceptors (Lipinski definition) is 5. The molecule has 1 aromatic heterocycles. The van der Waals surface area contributed by atoms with Crippen molar-refractivity contribution in [2.45, 2.75) is 45.9 Å². The van der Waals surface area contributed by atoms with E-state index in [2.05, 4.69) is 29.2 Å². The number of anilines is 1. The molecule has 1 unspecified atom stereocenters. The summed E-state index contributed by atoms with van der Waals surface area (Å²) < 4.78 is 7.09. The number of amides is 2. The Bertz CT molecular complexity index is 626. The molecule has 0 aromatic carbocycles. The average molecular weight is 321 g/mol. The predicted molar refractivity (Wildman–Crippen MR) is 82.5 cm³/mol. The molecule has 2 aliphatic rings. The first kappa shape index (κ1) is 15.9. The molecule has 23 heavy (non-hydrogen) atoms. The molecule has 0 spiro atoms. The third-order valence-electron chi connectivity index (χ3n) is 5.18. The molecule has 1 aromatic rings. The molecule has 3 atom stereocenters. The van der Waals surface area contributed by atoms with Gasteiger partial charge < -0.3 is 9.64 Å². The fourth-order valence-electron chi connectivity index (χ4n) is 4.27. The number of aryl methyl sites for hydroxylation is 1. The van der Waals surface area contributed by atoms with Crippen LogP contribution < -0.4 is 5.32 Å². The smallest absolute Gasteiger partial charge is 0.316 e. The van der Waals surface area contributed by atoms with Crippen molar-refractivity contribution in [2.24, 2.45) is 11.3 Å². The zero-order chi connectivity index (χ0) is 16.8. The number of carbonyl (C=O) groups is 2. The summed E-state index contributed by atoms with van der Waals surface area (Å²) in [6.07, 6.45) is 2.36. The zero-order valence-electron chi connectivity index (χ0n) is 13.9. The normalized spacial score (nSPS) is 28.2. The third-order valence-corrected chi connectivity index (χ3v) is 5.18. The summed E-state index contributed by atoms with van der Waals surface area (Å²) in [5.41, 5.74) is -0.144. The molecule has 2 heterocycles. The number of likely N-dealkylation sites (tertiary alicyclic amines) is 1. The van der Waals surface area contributed by atoms with E-state index < -0.39 is 11.8 Å². The zero-order valence-corrected chi connectivity index (χ0v) is 13.9. The van der Waals surface area contributed by atoms with E-state index in [0.29, 0.717) is 25.0 Å². The molecular formula is C15H23N5O3. The van der Waals surface area contributed by atoms with Crippen LogP contribution in [0, 0.1) is 11.3 Å². The van der Waals surface area contributed by atoms with Gasteiger partial charge in [0.15, 0.2) is 0 Å². The first-order valence-electron chi connectivity index (χ1n) is 7.94. The van der Waals surface area contributed by atoms with Crippen LogP contribution >= 0.6 is 0 Å². The van der Waals surface area contributed by atoms with Crippen molar-refractivity contribution in [3.05, 3.63) is 6.33 Å². The quantitative estimate of drug-likeness (QED) is 0.819. The molecule has 2 amide bonds. The third kappa shape index (κ3) is 2.32. The van der Waals surface area contributed by atoms with E-state index in [9.17, 15) is 9.59 Å². The number of methoxy groups -OCH3 is 1. The van der Waals surface area contributed by atoms with Crippen molar-refractivity contribution in [3.63, 3.8) is 0 Å². The Hall–Kier alpha value is -1.96. The van der Waals surface area contributed by atoms with Gasteiger partial charge >= 0.3 is 11.8 Å². The fourth-order valence-corrected chi connectivity index (χ4v) is 4.27. The molecule has 1 N–H and O–H groups in total. The van der Waals surface area contributed by atoms with Crippen LogP contribution in [0.25, 0.3) is 0 Å². The highest BCUT2D eigenvalue weighted by Gasteiger charge is 2.63. The molecule has 8 heteroatoms. The lowest BCUT2D eigenvalue weighted by Gasteiger charge is -2.56. The SMILES string of the molecule is CCn1ncnc1NC(=O)C(=O)N1CC[C@@H]2C(OC)C(C)(C)[C@@H]21. The lowest BCUT2D eigenvalue weighted by atomic mass is 9.57. The molecule has 1 aliphatic heterocycles. The van der Waals surface area contributed by atoms with Crippen molar-refractivity contribution >= 4 is 17.8 Å². The van der Waals surface area contributed by atoms with Gasteiger partial charge in [-0.25, -0.2) is 4.68 Å². The van der Waals surface area contributed by atoms with Gasteiger partial charge in [-0.05, 0) is 13.3 Å². The lowest BCUT2D eigenvalue weighted by molar-refractivity contribution is -0.173. The van der Waals surface area contributed by atoms with E-state index in [4.69, 9.17) is 4.74 Å². The monoisotopic (exact) mass is 321 g/mol. The molecule has 8 nitrogen and oxygen atoms in total. The number of aromatic nitrogens is 3. The van der Waals surface area contributed by atoms with Crippen molar-refractivity contribution in [3.8, 4) is 0 Å². The van der Waals surface area contributed by atoms with Crippen LogP contribution in [-0.4, -0.2) is 57.3 Å². The lowest BCUT2D eigenvalue weighted by Crippen LogP contribution is -2.66. The molecule has 1 saturated carbocycles. The van der Waals surface area contributed by atoms with Crippen molar-refractivity contribution in [2.75, 3.05) is 19.0 Å². The summed E-state index contributed by atoms with van der Waals surface area (Å²) in [4.78, 5) is 30.5. The van der Waals surface area contributed by atoms with E-state index in [0.717, 1.165) is 6.42 Å². The molecular weight excluding hydrogens is 298 g/mol. The number of rotatable bonds is 3. The van der Waals surface area contributed by atoms with Gasteiger partial charge in [-0.2, -0.15) is 10.1 Å². The Morgan fingerprint density at radius 1 is 1.48 bits per heavy atom. The van der Waals surface area contributed by atoms with E-state index in [1.165, 1.54) is 11.0 Å². The van der Waals surface area contributed by atoms with Crippen LogP contribution in [0.4, 0.5) is 5.95 Å². The van der Waals surface area contributed by atoms with Gasteiger partial charge in [0.25, 0.3) is 0 Å². The maximum atomic E-state index is 12.6. The summed E-state index contributed by atoms with van der Waals surface area (Å²) >= 11 is 0. The number of nitrogens with zero attached hydrogens (tertiary/aromatic N) is 4. The minimum atomic E-state index is -0.662. The molecule has 0 radical (unpaired) electrons. The van der Waals surface area contributed by atoms with Gasteiger partial charge in [-0.15, -0.1) is 0 Å². The van der Waals surface area contributed by atoms with Crippen molar-refractivity contribution in [1.82, 2.24) is 19.7 Å². The molecule has 0 bridgehead atoms. The highest BCUT2D eigenvalue weighted by Crippen LogP contribution is 2.54. The molecule has 1 saturated heterocycles. The second-order valence-electron chi connectivity index (χ2n) is 6.73. The van der Waals surface area contributed by atoms with Crippen LogP contribution in [0.1, 0.15) is 27.2 Å². The van der Waals surface area contributed by atoms with E-state index in [-0.39, 0.29) is 17.6 Å². The Morgan fingerprint density at radius 2 is 2.22 bits per heavy atom. The number of hydrogen-bond donors (Lipinski definition) is 1. The first-order chi connectivity index (χ1) is 10.9. The van der Waals surface area contributed by atoms with Gasteiger partial charge in [-0.1, -0.05) is 13.8 Å². The number of ether oxygens (including phenoxy) is 1. The topological polar surface area (TPSA) is 89.3 Å². The molecule has 126 valence electrons. The minimum absolute atomic E-state index is 0.0507. The summed E-state index contributed by atoms with van der Waals surface area (Å²) in [6, 6.07) is 0.0507. The fraction of sp³-hybridized carbons (Fsp3) is 0.733. The number of nitrogens with one attached hydrogen (secondary N) is 1. The molecule has 2 fully saturated rings. The first-order valence-corrected chi connectivity index (χ1v) is 7.94. The standard InChI is InChI=1S/C15H23N5O3/c1-5-20-14(16-8-17-20)18-12(21)13(22)19-7-6-9-10(19)15(2,3)11(9)23-4/h8-11H,5-7H2,1-4H3,(H,16,17,18,21)/t9-,10+,11?/m0/s1. The Morgan fingerprint density at radius 3 is 2.87 bits per heavy atom. The van der Waals surface area contributed by atoms with E-state index in [1.807, 2.05) is 6.92 Å². The van der Waals surface area contributed by atoms with Gasteiger partial charge in [0.1, 0.15) is 6.33 Å². The van der Waals surface area contributed by atoms with E-state index >= 15 is 0 Å². The van der Waals surface area contributed by atoms with Gasteiger partial charge in [0, 0.05) is 37.6 Å². The second kappa shape index (κ2) is 5.59. The van der Waals surface area contributed by atoms with Crippen LogP contribution in [0.3, 0.4) is 0 Å². The van der Waals surface area contributed by atoms with Crippen molar-refractivity contribution in [1.29, 1.82) is 0 Å². The van der Waals surface area contributed by atoms with E-state index in [1.54, 1.807) is 12.0 Å². The summed E-state index contributed by atoms with van der Waals surface area (Å²) in [5, 5.41) is 6.53. The Labute approximate surface area is 135 Å². The van der Waals surface area contributed by atoms with Crippen LogP contribution in [0.5, 0.6) is 0 Å². The minimum Gasteiger partial charge on any atom is -0.380 e. The average Bonchev–Trinajstić information content (AvgIpc) is 3.12. The van der Waals surface area contributed by atoms with Crippen LogP contribution in [-0.2, 0) is 20.9 Å². The number of fused-ring (bicyclic) bond motifs is 1. The van der Waals surface area contributed by atoms with Gasteiger partial charge in [-0.3, -0.25) is 14.9 Å². The number of carbonyl (C=O) groups excluding carboxylic acids is 2. The summed E-state index contributed by atoms with van der Waals surface area (Å²) in [5.74, 6) is -0.564. The Kier molecular flexibility index (Phi) is 3.87. The maximum absolute atomic E-state index is 12.6. The summed E-state index contributed by atoms with van der Waals surface area (Å²) in [7, 11) is 1.71. The molecule has 3 rings (SSSR count). The highest BCUT2D eigenvalue weighted by atomic mass is 16.5. The maximum Gasteiger partial charge on any atom is 0.316 e. The van der Waals surface area contributed by atoms with Crippen LogP contribution in [0.2, 0.25) is 0 Å². The molecule has 1 aliphatic carbocycles. The largest absolute Gasteiger partial charge is 0.380 e. The van der Waals surface area contributed by atoms with Gasteiger partial charge in [0.05, 0.1) is 6.10 Å². The summed E-state index contributed by atoms with van der Waals surface area (Å²) in [6.45, 7) is 7.21. The van der Waals surface area contributed by atoms with Gasteiger partial charge in [0.2, 0.25) is 5.95 Å². The van der Waals surface area contributed by atoms with Crippen molar-refractivity contribution < 1.29 is 14.3 Å². The van der Waals surface area contributed by atoms with Crippen LogP contribution in [0.15, 0.2) is 6.33 Å².